The van der Waals surface area contributed by atoms with E-state index in [1.54, 1.807) is 12.3 Å². The van der Waals surface area contributed by atoms with Crippen LogP contribution in [-0.2, 0) is 0 Å². The molecule has 0 spiro atoms. The summed E-state index contributed by atoms with van der Waals surface area (Å²) >= 11 is 3.45. The lowest BCUT2D eigenvalue weighted by atomic mass is 10.2. The first-order valence-corrected chi connectivity index (χ1v) is 11.1. The van der Waals surface area contributed by atoms with E-state index in [1.807, 2.05) is 38.1 Å². The van der Waals surface area contributed by atoms with Crippen molar-refractivity contribution in [2.45, 2.75) is 40.5 Å². The maximum Gasteiger partial charge on any atom is 0.282 e. The zero-order chi connectivity index (χ0) is 22.3. The molecule has 0 radical (unpaired) electrons. The van der Waals surface area contributed by atoms with Crippen molar-refractivity contribution in [3.05, 3.63) is 91.7 Å². The summed E-state index contributed by atoms with van der Waals surface area (Å²) in [7, 11) is 0. The molecule has 0 N–H and O–H groups in total. The molecule has 31 heavy (non-hydrogen) atoms. The Bertz CT molecular complexity index is 1380. The molecule has 0 amide bonds. The first kappa shape index (κ1) is 21.2. The van der Waals surface area contributed by atoms with E-state index in [-0.39, 0.29) is 11.5 Å². The molecule has 0 fully saturated rings. The van der Waals surface area contributed by atoms with Gasteiger partial charge in [-0.05, 0) is 56.7 Å². The van der Waals surface area contributed by atoms with Crippen LogP contribution in [0.4, 0.5) is 0 Å². The van der Waals surface area contributed by atoms with Crippen LogP contribution in [0.2, 0.25) is 0 Å². The van der Waals surface area contributed by atoms with Crippen LogP contribution in [0.5, 0.6) is 0 Å². The molecule has 0 aliphatic rings. The van der Waals surface area contributed by atoms with Gasteiger partial charge in [-0.25, -0.2) is 4.98 Å². The number of hydrogen-bond donors (Lipinski definition) is 0. The Labute approximate surface area is 190 Å². The van der Waals surface area contributed by atoms with Gasteiger partial charge in [0, 0.05) is 33.0 Å². The topological polar surface area (TPSA) is 52.2 Å². The number of nitrogens with zero attached hydrogens (tertiary/aromatic N) is 4. The summed E-state index contributed by atoms with van der Waals surface area (Å²) in [5.74, 6) is 0.695. The molecule has 2 aromatic heterocycles. The van der Waals surface area contributed by atoms with Crippen molar-refractivity contribution in [3.8, 4) is 5.69 Å². The number of halogens is 1. The van der Waals surface area contributed by atoms with Gasteiger partial charge in [-0.1, -0.05) is 48.0 Å². The van der Waals surface area contributed by atoms with Gasteiger partial charge in [0.25, 0.3) is 5.56 Å². The zero-order valence-electron chi connectivity index (χ0n) is 18.3. The lowest BCUT2D eigenvalue weighted by Crippen LogP contribution is -2.23. The van der Waals surface area contributed by atoms with Gasteiger partial charge in [-0.2, -0.15) is 9.78 Å². The fourth-order valence-corrected chi connectivity index (χ4v) is 4.24. The molecule has 6 heteroatoms. The average Bonchev–Trinajstić information content (AvgIpc) is 3.01. The standard InChI is InChI=1S/C25H25BrN4O/c1-15(2)24-28-22-11-10-20(26)13-21(22)25(31)30(24)27-14-19-12-17(4)29(18(19)5)23-9-7-6-8-16(23)3/h6-15H,1-5H3. The van der Waals surface area contributed by atoms with Gasteiger partial charge in [0.2, 0.25) is 0 Å². The van der Waals surface area contributed by atoms with E-state index in [0.717, 1.165) is 27.1 Å². The third-order valence-electron chi connectivity index (χ3n) is 5.49. The molecule has 4 rings (SSSR count). The molecule has 2 aromatic carbocycles. The number of aromatic nitrogens is 3. The van der Waals surface area contributed by atoms with Gasteiger partial charge in [0.1, 0.15) is 5.82 Å². The van der Waals surface area contributed by atoms with Gasteiger partial charge < -0.3 is 4.57 Å². The second kappa shape index (κ2) is 8.27. The van der Waals surface area contributed by atoms with Crippen molar-refractivity contribution in [1.29, 1.82) is 0 Å². The number of rotatable bonds is 4. The van der Waals surface area contributed by atoms with Crippen LogP contribution >= 0.6 is 15.9 Å². The van der Waals surface area contributed by atoms with Crippen molar-refractivity contribution >= 4 is 33.0 Å². The molecule has 0 bridgehead atoms. The summed E-state index contributed by atoms with van der Waals surface area (Å²) in [5, 5.41) is 5.14. The van der Waals surface area contributed by atoms with Crippen LogP contribution in [-0.4, -0.2) is 20.4 Å². The average molecular weight is 477 g/mol. The molecular weight excluding hydrogens is 452 g/mol. The number of hydrogen-bond acceptors (Lipinski definition) is 3. The van der Waals surface area contributed by atoms with Crippen LogP contribution in [0.15, 0.2) is 62.9 Å². The molecule has 4 aromatic rings. The first-order chi connectivity index (χ1) is 14.8. The summed E-state index contributed by atoms with van der Waals surface area (Å²) < 4.78 is 4.49. The van der Waals surface area contributed by atoms with Crippen molar-refractivity contribution in [1.82, 2.24) is 14.2 Å². The molecule has 158 valence electrons. The molecule has 0 atom stereocenters. The largest absolute Gasteiger partial charge is 0.318 e. The third-order valence-corrected chi connectivity index (χ3v) is 5.98. The Hall–Kier alpha value is -2.99. The van der Waals surface area contributed by atoms with E-state index in [0.29, 0.717) is 16.7 Å². The molecule has 0 saturated carbocycles. The number of aryl methyl sites for hydroxylation is 2. The molecule has 0 unspecified atom stereocenters. The van der Waals surface area contributed by atoms with Crippen LogP contribution < -0.4 is 5.56 Å². The van der Waals surface area contributed by atoms with E-state index in [9.17, 15) is 4.79 Å². The highest BCUT2D eigenvalue weighted by atomic mass is 79.9. The SMILES string of the molecule is Cc1ccccc1-n1c(C)cc(C=Nn2c(C(C)C)nc3ccc(Br)cc3c2=O)c1C. The normalized spacial score (nSPS) is 11.8. The van der Waals surface area contributed by atoms with Crippen molar-refractivity contribution in [2.75, 3.05) is 0 Å². The lowest BCUT2D eigenvalue weighted by molar-refractivity contribution is 0.665. The highest BCUT2D eigenvalue weighted by Gasteiger charge is 2.15. The molecular formula is C25H25BrN4O. The Morgan fingerprint density at radius 1 is 1.06 bits per heavy atom. The van der Waals surface area contributed by atoms with Crippen LogP contribution in [0, 0.1) is 20.8 Å². The summed E-state index contributed by atoms with van der Waals surface area (Å²) in [6, 6.07) is 15.9. The fourth-order valence-electron chi connectivity index (χ4n) is 3.87. The van der Waals surface area contributed by atoms with Crippen LogP contribution in [0.1, 0.15) is 48.1 Å². The Morgan fingerprint density at radius 3 is 2.52 bits per heavy atom. The second-order valence-electron chi connectivity index (χ2n) is 8.10. The molecule has 0 aliphatic heterocycles. The van der Waals surface area contributed by atoms with E-state index in [2.05, 4.69) is 64.6 Å². The zero-order valence-corrected chi connectivity index (χ0v) is 19.9. The van der Waals surface area contributed by atoms with Crippen molar-refractivity contribution in [2.24, 2.45) is 5.10 Å². The minimum absolute atomic E-state index is 0.0531. The van der Waals surface area contributed by atoms with Gasteiger partial charge in [-0.3, -0.25) is 4.79 Å². The maximum atomic E-state index is 13.2. The summed E-state index contributed by atoms with van der Waals surface area (Å²) in [5.41, 5.74) is 6.03. The monoisotopic (exact) mass is 476 g/mol. The summed E-state index contributed by atoms with van der Waals surface area (Å²) in [6.45, 7) is 10.3. The van der Waals surface area contributed by atoms with E-state index < -0.39 is 0 Å². The minimum atomic E-state index is -0.168. The van der Waals surface area contributed by atoms with Gasteiger partial charge >= 0.3 is 0 Å². The first-order valence-electron chi connectivity index (χ1n) is 10.3. The van der Waals surface area contributed by atoms with E-state index in [4.69, 9.17) is 4.98 Å². The highest BCUT2D eigenvalue weighted by molar-refractivity contribution is 9.10. The fraction of sp³-hybridized carbons (Fsp3) is 0.240. The lowest BCUT2D eigenvalue weighted by Gasteiger charge is -2.13. The Morgan fingerprint density at radius 2 is 1.81 bits per heavy atom. The molecule has 5 nitrogen and oxygen atoms in total. The van der Waals surface area contributed by atoms with Crippen LogP contribution in [0.3, 0.4) is 0 Å². The quantitative estimate of drug-likeness (QED) is 0.345. The van der Waals surface area contributed by atoms with Crippen molar-refractivity contribution in [3.63, 3.8) is 0 Å². The van der Waals surface area contributed by atoms with E-state index >= 15 is 0 Å². The maximum absolute atomic E-state index is 13.2. The predicted molar refractivity (Wildman–Crippen MR) is 131 cm³/mol. The predicted octanol–water partition coefficient (Wildman–Crippen LogP) is 5.88. The second-order valence-corrected chi connectivity index (χ2v) is 9.01. The highest BCUT2D eigenvalue weighted by Crippen LogP contribution is 2.23. The number of fused-ring (bicyclic) bond motifs is 1. The molecule has 0 saturated heterocycles. The molecule has 0 aliphatic carbocycles. The van der Waals surface area contributed by atoms with E-state index in [1.165, 1.54) is 10.2 Å². The third kappa shape index (κ3) is 3.88. The minimum Gasteiger partial charge on any atom is -0.318 e. The summed E-state index contributed by atoms with van der Waals surface area (Å²) in [4.78, 5) is 18.0. The van der Waals surface area contributed by atoms with Crippen molar-refractivity contribution < 1.29 is 0 Å². The molecule has 2 heterocycles. The van der Waals surface area contributed by atoms with Gasteiger partial charge in [0.15, 0.2) is 0 Å². The Balaban J connectivity index is 1.85. The van der Waals surface area contributed by atoms with Gasteiger partial charge in [-0.15, -0.1) is 0 Å². The van der Waals surface area contributed by atoms with Gasteiger partial charge in [0.05, 0.1) is 17.1 Å². The smallest absolute Gasteiger partial charge is 0.282 e. The van der Waals surface area contributed by atoms with Crippen LogP contribution in [0.25, 0.3) is 16.6 Å². The summed E-state index contributed by atoms with van der Waals surface area (Å²) in [6.07, 6.45) is 1.76. The Kier molecular flexibility index (Phi) is 5.67. The number of benzene rings is 2. The number of para-hydroxylation sites is 1.